The van der Waals surface area contributed by atoms with Crippen LogP contribution in [0.2, 0.25) is 0 Å². The van der Waals surface area contributed by atoms with Crippen molar-refractivity contribution in [3.63, 3.8) is 0 Å². The average molecular weight is 340 g/mol. The summed E-state index contributed by atoms with van der Waals surface area (Å²) in [6.45, 7) is 0.532. The van der Waals surface area contributed by atoms with E-state index in [0.29, 0.717) is 12.5 Å². The summed E-state index contributed by atoms with van der Waals surface area (Å²) < 4.78 is 0. The van der Waals surface area contributed by atoms with Gasteiger partial charge in [-0.2, -0.15) is 0 Å². The van der Waals surface area contributed by atoms with Gasteiger partial charge in [-0.25, -0.2) is 0 Å². The Kier molecular flexibility index (Phi) is 3.59. The Morgan fingerprint density at radius 3 is 2.19 bits per heavy atom. The number of hydrogen-bond donors (Lipinski definition) is 1. The minimum Gasteiger partial charge on any atom is -0.352 e. The minimum atomic E-state index is -0.0125. The summed E-state index contributed by atoms with van der Waals surface area (Å²) in [4.78, 5) is 17.2. The van der Waals surface area contributed by atoms with Crippen LogP contribution in [-0.4, -0.2) is 10.9 Å². The smallest absolute Gasteiger partial charge is 0.224 e. The molecule has 2 aromatic carbocycles. The molecule has 0 fully saturated rings. The van der Waals surface area contributed by atoms with Gasteiger partial charge in [0.2, 0.25) is 5.91 Å². The molecular weight excluding hydrogens is 320 g/mol. The van der Waals surface area contributed by atoms with E-state index in [1.807, 2.05) is 12.1 Å². The molecule has 3 aliphatic rings. The molecule has 1 heterocycles. The number of rotatable bonds is 3. The Morgan fingerprint density at radius 2 is 1.58 bits per heavy atom. The molecule has 6 rings (SSSR count). The Morgan fingerprint density at radius 1 is 0.923 bits per heavy atom. The number of aromatic nitrogens is 1. The molecule has 1 N–H and O–H groups in total. The molecule has 3 heteroatoms. The maximum absolute atomic E-state index is 13.0. The minimum absolute atomic E-state index is 0.0125. The highest BCUT2D eigenvalue weighted by Crippen LogP contribution is 2.55. The number of hydrogen-bond acceptors (Lipinski definition) is 2. The Hall–Kier alpha value is -2.94. The Bertz CT molecular complexity index is 919. The van der Waals surface area contributed by atoms with Crippen molar-refractivity contribution >= 4 is 5.91 Å². The molecule has 2 bridgehead atoms. The predicted octanol–water partition coefficient (Wildman–Crippen LogP) is 4.00. The van der Waals surface area contributed by atoms with Gasteiger partial charge >= 0.3 is 0 Å². The fourth-order valence-electron chi connectivity index (χ4n) is 4.72. The lowest BCUT2D eigenvalue weighted by Gasteiger charge is -2.44. The fraction of sp³-hybridized carbons (Fsp3) is 0.217. The third-order valence-electron chi connectivity index (χ3n) is 5.83. The molecule has 1 atom stereocenters. The molecule has 1 aromatic heterocycles. The number of nitrogens with zero attached hydrogens (tertiary/aromatic N) is 1. The van der Waals surface area contributed by atoms with Gasteiger partial charge in [0.1, 0.15) is 0 Å². The van der Waals surface area contributed by atoms with E-state index in [4.69, 9.17) is 0 Å². The second kappa shape index (κ2) is 6.10. The molecule has 0 spiro atoms. The van der Waals surface area contributed by atoms with Crippen LogP contribution in [0.25, 0.3) is 0 Å². The van der Waals surface area contributed by atoms with Gasteiger partial charge in [0.25, 0.3) is 0 Å². The predicted molar refractivity (Wildman–Crippen MR) is 101 cm³/mol. The highest BCUT2D eigenvalue weighted by Gasteiger charge is 2.45. The maximum Gasteiger partial charge on any atom is 0.224 e. The van der Waals surface area contributed by atoms with E-state index in [1.165, 1.54) is 22.3 Å². The lowest BCUT2D eigenvalue weighted by Crippen LogP contribution is -2.41. The number of carbonyl (C=O) groups is 1. The molecule has 3 aromatic rings. The van der Waals surface area contributed by atoms with Gasteiger partial charge in [0, 0.05) is 36.7 Å². The number of fused-ring (bicyclic) bond motifs is 1. The standard InChI is InChI=1S/C23H20N2O/c26-23(25-14-15-6-5-11-24-13-15)21-12-20-16-7-1-3-9-18(16)22(21)19-10-4-2-8-17(19)20/h1-11,13,20-22H,12,14H2,(H,25,26)/t20?,21-,22?/m1/s1. The lowest BCUT2D eigenvalue weighted by molar-refractivity contribution is -0.126. The normalized spacial score (nSPS) is 22.4. The van der Waals surface area contributed by atoms with Crippen molar-refractivity contribution < 1.29 is 4.79 Å². The van der Waals surface area contributed by atoms with Crippen LogP contribution in [-0.2, 0) is 11.3 Å². The van der Waals surface area contributed by atoms with E-state index in [1.54, 1.807) is 12.4 Å². The fourth-order valence-corrected chi connectivity index (χ4v) is 4.72. The summed E-state index contributed by atoms with van der Waals surface area (Å²) in [5.74, 6) is 0.608. The van der Waals surface area contributed by atoms with Crippen LogP contribution < -0.4 is 5.32 Å². The van der Waals surface area contributed by atoms with Gasteiger partial charge in [0.05, 0.1) is 0 Å². The number of benzene rings is 2. The zero-order valence-electron chi connectivity index (χ0n) is 14.4. The molecule has 0 aliphatic heterocycles. The van der Waals surface area contributed by atoms with Crippen molar-refractivity contribution in [2.45, 2.75) is 24.8 Å². The third kappa shape index (κ3) is 2.35. The van der Waals surface area contributed by atoms with Crippen molar-refractivity contribution in [3.8, 4) is 0 Å². The van der Waals surface area contributed by atoms with E-state index < -0.39 is 0 Å². The summed E-state index contributed by atoms with van der Waals surface area (Å²) in [6, 6.07) is 21.1. The SMILES string of the molecule is O=C(NCc1cccnc1)[C@@H]1CC2c3ccccc3C1c1ccccc12. The van der Waals surface area contributed by atoms with Crippen LogP contribution >= 0.6 is 0 Å². The first-order valence-corrected chi connectivity index (χ1v) is 9.17. The van der Waals surface area contributed by atoms with Crippen molar-refractivity contribution in [3.05, 3.63) is 101 Å². The number of carbonyl (C=O) groups excluding carboxylic acids is 1. The second-order valence-electron chi connectivity index (χ2n) is 7.21. The highest BCUT2D eigenvalue weighted by atomic mass is 16.1. The Labute approximate surface area is 153 Å². The topological polar surface area (TPSA) is 42.0 Å². The molecule has 3 nitrogen and oxygen atoms in total. The third-order valence-corrected chi connectivity index (χ3v) is 5.83. The summed E-state index contributed by atoms with van der Waals surface area (Å²) in [7, 11) is 0. The molecule has 0 radical (unpaired) electrons. The summed E-state index contributed by atoms with van der Waals surface area (Å²) in [5.41, 5.74) is 6.47. The molecule has 128 valence electrons. The average Bonchev–Trinajstić information content (AvgIpc) is 2.73. The quantitative estimate of drug-likeness (QED) is 0.783. The Balaban J connectivity index is 1.47. The summed E-state index contributed by atoms with van der Waals surface area (Å²) in [5, 5.41) is 3.14. The molecule has 1 amide bonds. The molecular formula is C23H20N2O. The van der Waals surface area contributed by atoms with E-state index in [-0.39, 0.29) is 17.7 Å². The first kappa shape index (κ1) is 15.3. The number of nitrogens with one attached hydrogen (secondary N) is 1. The highest BCUT2D eigenvalue weighted by molar-refractivity contribution is 5.82. The van der Waals surface area contributed by atoms with Crippen LogP contribution in [0.4, 0.5) is 0 Å². The molecule has 26 heavy (non-hydrogen) atoms. The van der Waals surface area contributed by atoms with E-state index >= 15 is 0 Å². The van der Waals surface area contributed by atoms with Crippen molar-refractivity contribution in [2.75, 3.05) is 0 Å². The summed E-state index contributed by atoms with van der Waals surface area (Å²) >= 11 is 0. The second-order valence-corrected chi connectivity index (χ2v) is 7.21. The lowest BCUT2D eigenvalue weighted by atomic mass is 9.59. The van der Waals surface area contributed by atoms with Crippen molar-refractivity contribution in [1.82, 2.24) is 10.3 Å². The van der Waals surface area contributed by atoms with E-state index in [2.05, 4.69) is 58.8 Å². The van der Waals surface area contributed by atoms with Gasteiger partial charge in [0.15, 0.2) is 0 Å². The number of pyridine rings is 1. The van der Waals surface area contributed by atoms with Crippen LogP contribution in [0.15, 0.2) is 73.1 Å². The van der Waals surface area contributed by atoms with Crippen LogP contribution in [0, 0.1) is 5.92 Å². The van der Waals surface area contributed by atoms with E-state index in [9.17, 15) is 4.79 Å². The van der Waals surface area contributed by atoms with Crippen molar-refractivity contribution in [2.24, 2.45) is 5.92 Å². The van der Waals surface area contributed by atoms with Gasteiger partial charge in [-0.3, -0.25) is 9.78 Å². The summed E-state index contributed by atoms with van der Waals surface area (Å²) in [6.07, 6.45) is 4.44. The maximum atomic E-state index is 13.0. The van der Waals surface area contributed by atoms with Crippen LogP contribution in [0.1, 0.15) is 46.1 Å². The molecule has 0 saturated heterocycles. The van der Waals surface area contributed by atoms with Gasteiger partial charge in [-0.05, 0) is 40.3 Å². The first-order valence-electron chi connectivity index (χ1n) is 9.17. The number of amides is 1. The molecule has 3 aliphatic carbocycles. The largest absolute Gasteiger partial charge is 0.352 e. The van der Waals surface area contributed by atoms with Gasteiger partial charge in [-0.1, -0.05) is 54.6 Å². The molecule has 0 unspecified atom stereocenters. The zero-order chi connectivity index (χ0) is 17.5. The van der Waals surface area contributed by atoms with Crippen LogP contribution in [0.3, 0.4) is 0 Å². The molecule has 0 saturated carbocycles. The van der Waals surface area contributed by atoms with Crippen LogP contribution in [0.5, 0.6) is 0 Å². The first-order chi connectivity index (χ1) is 12.8. The zero-order valence-corrected chi connectivity index (χ0v) is 14.4. The van der Waals surface area contributed by atoms with Gasteiger partial charge in [-0.15, -0.1) is 0 Å². The van der Waals surface area contributed by atoms with Crippen molar-refractivity contribution in [1.29, 1.82) is 0 Å². The monoisotopic (exact) mass is 340 g/mol. The van der Waals surface area contributed by atoms with E-state index in [0.717, 1.165) is 12.0 Å². The van der Waals surface area contributed by atoms with Gasteiger partial charge < -0.3 is 5.32 Å².